The Kier molecular flexibility index (Phi) is 3.43. The van der Waals surface area contributed by atoms with E-state index in [1.54, 1.807) is 28.3 Å². The first-order chi connectivity index (χ1) is 9.74. The van der Waals surface area contributed by atoms with E-state index in [-0.39, 0.29) is 18.1 Å². The summed E-state index contributed by atoms with van der Waals surface area (Å²) in [4.78, 5) is 17.5. The fraction of sp³-hybridized carbons (Fsp3) is 0.0667. The summed E-state index contributed by atoms with van der Waals surface area (Å²) >= 11 is 1.58. The van der Waals surface area contributed by atoms with Gasteiger partial charge in [0.2, 0.25) is 0 Å². The van der Waals surface area contributed by atoms with Crippen molar-refractivity contribution >= 4 is 17.1 Å². The molecule has 2 heterocycles. The van der Waals surface area contributed by atoms with Crippen molar-refractivity contribution in [3.8, 4) is 10.7 Å². The zero-order valence-electron chi connectivity index (χ0n) is 10.5. The Hall–Kier alpha value is -2.27. The smallest absolute Gasteiger partial charge is 0.182 e. The van der Waals surface area contributed by atoms with E-state index < -0.39 is 0 Å². The predicted molar refractivity (Wildman–Crippen MR) is 76.3 cm³/mol. The molecule has 0 radical (unpaired) electrons. The highest BCUT2D eigenvalue weighted by atomic mass is 32.1. The Balaban J connectivity index is 1.83. The minimum absolute atomic E-state index is 0.0687. The lowest BCUT2D eigenvalue weighted by Crippen LogP contribution is -2.10. The fourth-order valence-corrected chi connectivity index (χ4v) is 2.69. The van der Waals surface area contributed by atoms with Gasteiger partial charge in [0.25, 0.3) is 0 Å². The first-order valence-electron chi connectivity index (χ1n) is 6.08. The number of carbonyl (C=O) groups is 1. The van der Waals surface area contributed by atoms with Crippen molar-refractivity contribution in [1.82, 2.24) is 9.55 Å². The Morgan fingerprint density at radius 3 is 2.75 bits per heavy atom. The standard InChI is InChI=1S/C15H11FN2OS/c16-12-5-3-11(4-6-12)13(19)10-18-8-7-17-15(18)14-2-1-9-20-14/h1-9H,10H2. The lowest BCUT2D eigenvalue weighted by Gasteiger charge is -2.06. The quantitative estimate of drug-likeness (QED) is 0.686. The van der Waals surface area contributed by atoms with E-state index in [0.717, 1.165) is 10.7 Å². The van der Waals surface area contributed by atoms with Crippen LogP contribution in [-0.4, -0.2) is 15.3 Å². The van der Waals surface area contributed by atoms with Gasteiger partial charge in [-0.3, -0.25) is 4.79 Å². The van der Waals surface area contributed by atoms with Gasteiger partial charge in [0, 0.05) is 18.0 Å². The molecule has 100 valence electrons. The second-order valence-electron chi connectivity index (χ2n) is 4.29. The first kappa shape index (κ1) is 12.7. The molecule has 3 aromatic rings. The summed E-state index contributed by atoms with van der Waals surface area (Å²) in [6.07, 6.45) is 3.45. The number of hydrogen-bond donors (Lipinski definition) is 0. The second kappa shape index (κ2) is 5.38. The van der Waals surface area contributed by atoms with E-state index in [0.29, 0.717) is 5.56 Å². The van der Waals surface area contributed by atoms with Crippen molar-refractivity contribution < 1.29 is 9.18 Å². The summed E-state index contributed by atoms with van der Waals surface area (Å²) in [5, 5.41) is 1.97. The van der Waals surface area contributed by atoms with Gasteiger partial charge in [-0.25, -0.2) is 9.37 Å². The van der Waals surface area contributed by atoms with Crippen molar-refractivity contribution in [3.63, 3.8) is 0 Å². The van der Waals surface area contributed by atoms with Crippen LogP contribution in [0.5, 0.6) is 0 Å². The highest BCUT2D eigenvalue weighted by molar-refractivity contribution is 7.13. The van der Waals surface area contributed by atoms with Gasteiger partial charge >= 0.3 is 0 Å². The van der Waals surface area contributed by atoms with Gasteiger partial charge in [-0.05, 0) is 35.7 Å². The number of thiophene rings is 1. The number of ketones is 1. The van der Waals surface area contributed by atoms with Crippen LogP contribution < -0.4 is 0 Å². The minimum Gasteiger partial charge on any atom is -0.323 e. The molecule has 0 unspecified atom stereocenters. The maximum absolute atomic E-state index is 12.9. The van der Waals surface area contributed by atoms with Gasteiger partial charge in [0.05, 0.1) is 11.4 Å². The zero-order chi connectivity index (χ0) is 13.9. The third kappa shape index (κ3) is 2.53. The van der Waals surface area contributed by atoms with Crippen LogP contribution in [0.1, 0.15) is 10.4 Å². The van der Waals surface area contributed by atoms with Crippen LogP contribution >= 0.6 is 11.3 Å². The molecule has 0 aliphatic carbocycles. The Bertz CT molecular complexity index is 717. The van der Waals surface area contributed by atoms with Crippen LogP contribution in [0.15, 0.2) is 54.2 Å². The number of rotatable bonds is 4. The zero-order valence-corrected chi connectivity index (χ0v) is 11.3. The highest BCUT2D eigenvalue weighted by Crippen LogP contribution is 2.23. The molecular formula is C15H11FN2OS. The SMILES string of the molecule is O=C(Cn1ccnc1-c1cccs1)c1ccc(F)cc1. The normalized spacial score (nSPS) is 10.7. The number of imidazole rings is 1. The van der Waals surface area contributed by atoms with E-state index in [4.69, 9.17) is 0 Å². The summed E-state index contributed by atoms with van der Waals surface area (Å²) in [5.74, 6) is 0.361. The predicted octanol–water partition coefficient (Wildman–Crippen LogP) is 3.63. The molecule has 0 spiro atoms. The lowest BCUT2D eigenvalue weighted by atomic mass is 10.1. The molecule has 0 saturated carbocycles. The molecule has 1 aromatic carbocycles. The number of nitrogens with zero attached hydrogens (tertiary/aromatic N) is 2. The van der Waals surface area contributed by atoms with Crippen LogP contribution in [0, 0.1) is 5.82 Å². The fourth-order valence-electron chi connectivity index (χ4n) is 1.95. The van der Waals surface area contributed by atoms with Crippen LogP contribution in [-0.2, 0) is 6.54 Å². The molecule has 0 fully saturated rings. The van der Waals surface area contributed by atoms with Gasteiger partial charge in [-0.15, -0.1) is 11.3 Å². The maximum atomic E-state index is 12.9. The topological polar surface area (TPSA) is 34.9 Å². The van der Waals surface area contributed by atoms with Crippen LogP contribution in [0.2, 0.25) is 0 Å². The van der Waals surface area contributed by atoms with E-state index in [2.05, 4.69) is 4.98 Å². The van der Waals surface area contributed by atoms with Crippen molar-refractivity contribution in [1.29, 1.82) is 0 Å². The van der Waals surface area contributed by atoms with E-state index >= 15 is 0 Å². The third-order valence-corrected chi connectivity index (χ3v) is 3.80. The average molecular weight is 286 g/mol. The molecule has 0 aliphatic heterocycles. The first-order valence-corrected chi connectivity index (χ1v) is 6.96. The Labute approximate surface area is 119 Å². The van der Waals surface area contributed by atoms with Crippen molar-refractivity contribution in [2.24, 2.45) is 0 Å². The summed E-state index contributed by atoms with van der Waals surface area (Å²) in [7, 11) is 0. The molecule has 5 heteroatoms. The number of hydrogen-bond acceptors (Lipinski definition) is 3. The van der Waals surface area contributed by atoms with E-state index in [1.807, 2.05) is 17.5 Å². The summed E-state index contributed by atoms with van der Waals surface area (Å²) in [5.41, 5.74) is 0.497. The van der Waals surface area contributed by atoms with Gasteiger partial charge in [-0.1, -0.05) is 6.07 Å². The number of aromatic nitrogens is 2. The molecule has 0 saturated heterocycles. The van der Waals surface area contributed by atoms with Crippen molar-refractivity contribution in [2.75, 3.05) is 0 Å². The van der Waals surface area contributed by atoms with Gasteiger partial charge in [0.1, 0.15) is 11.6 Å². The molecule has 2 aromatic heterocycles. The molecule has 20 heavy (non-hydrogen) atoms. The van der Waals surface area contributed by atoms with E-state index in [1.165, 1.54) is 24.3 Å². The van der Waals surface area contributed by atoms with Crippen LogP contribution in [0.3, 0.4) is 0 Å². The number of carbonyl (C=O) groups excluding carboxylic acids is 1. The Morgan fingerprint density at radius 1 is 1.25 bits per heavy atom. The van der Waals surface area contributed by atoms with Gasteiger partial charge in [-0.2, -0.15) is 0 Å². The summed E-state index contributed by atoms with van der Waals surface area (Å²) in [6, 6.07) is 9.49. The molecule has 3 rings (SSSR count). The second-order valence-corrected chi connectivity index (χ2v) is 5.23. The molecule has 0 N–H and O–H groups in total. The van der Waals surface area contributed by atoms with Gasteiger partial charge in [0.15, 0.2) is 5.78 Å². The summed E-state index contributed by atoms with van der Waals surface area (Å²) < 4.78 is 14.7. The lowest BCUT2D eigenvalue weighted by molar-refractivity contribution is 0.0972. The largest absolute Gasteiger partial charge is 0.323 e. The molecule has 0 aliphatic rings. The molecule has 0 amide bonds. The number of benzene rings is 1. The molecule has 0 bridgehead atoms. The average Bonchev–Trinajstić information content (AvgIpc) is 3.09. The van der Waals surface area contributed by atoms with Crippen LogP contribution in [0.25, 0.3) is 10.7 Å². The van der Waals surface area contributed by atoms with Crippen molar-refractivity contribution in [3.05, 3.63) is 65.6 Å². The van der Waals surface area contributed by atoms with E-state index in [9.17, 15) is 9.18 Å². The number of halogens is 1. The molecular weight excluding hydrogens is 275 g/mol. The van der Waals surface area contributed by atoms with Gasteiger partial charge < -0.3 is 4.57 Å². The monoisotopic (exact) mass is 286 g/mol. The maximum Gasteiger partial charge on any atom is 0.182 e. The summed E-state index contributed by atoms with van der Waals surface area (Å²) in [6.45, 7) is 0.193. The van der Waals surface area contributed by atoms with Crippen LogP contribution in [0.4, 0.5) is 4.39 Å². The third-order valence-electron chi connectivity index (χ3n) is 2.94. The number of Topliss-reactive ketones (excluding diaryl/α,β-unsaturated/α-hetero) is 1. The minimum atomic E-state index is -0.344. The molecule has 3 nitrogen and oxygen atoms in total. The Morgan fingerprint density at radius 2 is 2.05 bits per heavy atom. The highest BCUT2D eigenvalue weighted by Gasteiger charge is 2.12. The van der Waals surface area contributed by atoms with Crippen molar-refractivity contribution in [2.45, 2.75) is 6.54 Å². The molecule has 0 atom stereocenters.